The largest absolute Gasteiger partial charge is 0.380 e. The van der Waals surface area contributed by atoms with Crippen molar-refractivity contribution in [3.05, 3.63) is 0 Å². The molecule has 106 valence electrons. The molecule has 1 atom stereocenters. The number of piperidine rings is 1. The highest BCUT2D eigenvalue weighted by atomic mass is 16.5. The number of carbonyl (C=O) groups is 1. The van der Waals surface area contributed by atoms with Crippen molar-refractivity contribution in [3.8, 4) is 0 Å². The zero-order valence-corrected chi connectivity index (χ0v) is 11.9. The van der Waals surface area contributed by atoms with Gasteiger partial charge in [-0.3, -0.25) is 4.79 Å². The van der Waals surface area contributed by atoms with Gasteiger partial charge in [0.05, 0.1) is 12.5 Å². The molecule has 0 aliphatic carbocycles. The molecule has 0 aromatic rings. The Morgan fingerprint density at radius 1 is 1.50 bits per heavy atom. The third-order valence-electron chi connectivity index (χ3n) is 3.79. The minimum absolute atomic E-state index is 0.131. The topological polar surface area (TPSA) is 58.8 Å². The highest BCUT2D eigenvalue weighted by molar-refractivity contribution is 5.76. The number of nitrogens with two attached hydrogens (primary N) is 1. The fraction of sp³-hybridized carbons (Fsp3) is 0.923. The van der Waals surface area contributed by atoms with E-state index in [1.165, 1.54) is 12.8 Å². The van der Waals surface area contributed by atoms with E-state index >= 15 is 0 Å². The lowest BCUT2D eigenvalue weighted by Crippen LogP contribution is -2.39. The van der Waals surface area contributed by atoms with Crippen LogP contribution in [0.1, 0.15) is 19.3 Å². The third-order valence-corrected chi connectivity index (χ3v) is 3.79. The van der Waals surface area contributed by atoms with Gasteiger partial charge in [0.25, 0.3) is 0 Å². The van der Waals surface area contributed by atoms with E-state index in [1.54, 1.807) is 7.11 Å². The Balaban J connectivity index is 2.31. The molecule has 5 nitrogen and oxygen atoms in total. The summed E-state index contributed by atoms with van der Waals surface area (Å²) in [5, 5.41) is 0. The van der Waals surface area contributed by atoms with E-state index in [0.29, 0.717) is 18.9 Å². The van der Waals surface area contributed by atoms with E-state index in [0.717, 1.165) is 19.6 Å². The molecule has 18 heavy (non-hydrogen) atoms. The van der Waals surface area contributed by atoms with Gasteiger partial charge in [0, 0.05) is 27.2 Å². The number of hydrogen-bond donors (Lipinski definition) is 1. The lowest BCUT2D eigenvalue weighted by Gasteiger charge is -2.32. The molecule has 0 saturated carbocycles. The lowest BCUT2D eigenvalue weighted by molar-refractivity contribution is -0.133. The predicted molar refractivity (Wildman–Crippen MR) is 72.3 cm³/mol. The number of amides is 1. The molecule has 0 aromatic heterocycles. The Morgan fingerprint density at radius 3 is 2.61 bits per heavy atom. The smallest absolute Gasteiger partial charge is 0.224 e. The first-order valence-electron chi connectivity index (χ1n) is 6.72. The van der Waals surface area contributed by atoms with Crippen molar-refractivity contribution in [1.82, 2.24) is 9.80 Å². The Morgan fingerprint density at radius 2 is 2.11 bits per heavy atom. The molecule has 1 unspecified atom stereocenters. The van der Waals surface area contributed by atoms with Crippen LogP contribution < -0.4 is 5.73 Å². The van der Waals surface area contributed by atoms with Crippen LogP contribution in [-0.4, -0.2) is 69.2 Å². The second kappa shape index (κ2) is 7.71. The SMILES string of the molecule is COC(CN)CC(=O)N(C)CC1CCN(C)CC1. The van der Waals surface area contributed by atoms with Gasteiger partial charge in [-0.1, -0.05) is 0 Å². The van der Waals surface area contributed by atoms with Crippen molar-refractivity contribution in [2.24, 2.45) is 11.7 Å². The molecule has 1 heterocycles. The number of likely N-dealkylation sites (tertiary alicyclic amines) is 1. The van der Waals surface area contributed by atoms with E-state index in [1.807, 2.05) is 11.9 Å². The highest BCUT2D eigenvalue weighted by Crippen LogP contribution is 2.17. The molecule has 0 spiro atoms. The summed E-state index contributed by atoms with van der Waals surface area (Å²) in [6.07, 6.45) is 2.59. The van der Waals surface area contributed by atoms with E-state index < -0.39 is 0 Å². The van der Waals surface area contributed by atoms with Gasteiger partial charge >= 0.3 is 0 Å². The summed E-state index contributed by atoms with van der Waals surface area (Å²) >= 11 is 0. The second-order valence-electron chi connectivity index (χ2n) is 5.32. The average molecular weight is 257 g/mol. The quantitative estimate of drug-likeness (QED) is 0.736. The molecule has 1 aliphatic rings. The first-order chi connectivity index (χ1) is 8.56. The van der Waals surface area contributed by atoms with Crippen LogP contribution >= 0.6 is 0 Å². The molecule has 1 aliphatic heterocycles. The minimum Gasteiger partial charge on any atom is -0.380 e. The molecule has 2 N–H and O–H groups in total. The zero-order chi connectivity index (χ0) is 13.5. The van der Waals surface area contributed by atoms with Gasteiger partial charge in [-0.25, -0.2) is 0 Å². The Bertz CT molecular complexity index is 249. The summed E-state index contributed by atoms with van der Waals surface area (Å²) < 4.78 is 5.15. The first kappa shape index (κ1) is 15.4. The summed E-state index contributed by atoms with van der Waals surface area (Å²) in [6, 6.07) is 0. The van der Waals surface area contributed by atoms with E-state index in [2.05, 4.69) is 11.9 Å². The maximum atomic E-state index is 12.0. The molecule has 1 rings (SSSR count). The minimum atomic E-state index is -0.155. The molecule has 1 fully saturated rings. The monoisotopic (exact) mass is 257 g/mol. The van der Waals surface area contributed by atoms with Crippen LogP contribution in [0.25, 0.3) is 0 Å². The number of nitrogens with zero attached hydrogens (tertiary/aromatic N) is 2. The van der Waals surface area contributed by atoms with Crippen molar-refractivity contribution in [1.29, 1.82) is 0 Å². The third kappa shape index (κ3) is 4.92. The Kier molecular flexibility index (Phi) is 6.60. The second-order valence-corrected chi connectivity index (χ2v) is 5.32. The van der Waals surface area contributed by atoms with Gasteiger partial charge in [0.2, 0.25) is 5.91 Å². The predicted octanol–water partition coefficient (Wildman–Crippen LogP) is 0.150. The van der Waals surface area contributed by atoms with Gasteiger partial charge in [-0.05, 0) is 38.9 Å². The van der Waals surface area contributed by atoms with Crippen LogP contribution in [0, 0.1) is 5.92 Å². The number of rotatable bonds is 6. The van der Waals surface area contributed by atoms with Crippen LogP contribution in [0.2, 0.25) is 0 Å². The van der Waals surface area contributed by atoms with Crippen molar-refractivity contribution >= 4 is 5.91 Å². The molecular formula is C13H27N3O2. The van der Waals surface area contributed by atoms with Gasteiger partial charge in [0.15, 0.2) is 0 Å². The summed E-state index contributed by atoms with van der Waals surface area (Å²) in [7, 11) is 5.63. The van der Waals surface area contributed by atoms with Gasteiger partial charge in [0.1, 0.15) is 0 Å². The van der Waals surface area contributed by atoms with Gasteiger partial charge in [-0.2, -0.15) is 0 Å². The molecule has 0 radical (unpaired) electrons. The van der Waals surface area contributed by atoms with Crippen LogP contribution in [-0.2, 0) is 9.53 Å². The lowest BCUT2D eigenvalue weighted by atomic mass is 9.96. The number of ether oxygens (including phenoxy) is 1. The summed E-state index contributed by atoms with van der Waals surface area (Å²) in [4.78, 5) is 16.2. The molecule has 1 amide bonds. The normalized spacial score (nSPS) is 19.8. The highest BCUT2D eigenvalue weighted by Gasteiger charge is 2.21. The fourth-order valence-corrected chi connectivity index (χ4v) is 2.35. The molecule has 5 heteroatoms. The van der Waals surface area contributed by atoms with Crippen molar-refractivity contribution in [2.45, 2.75) is 25.4 Å². The number of hydrogen-bond acceptors (Lipinski definition) is 4. The maximum absolute atomic E-state index is 12.0. The van der Waals surface area contributed by atoms with E-state index in [9.17, 15) is 4.79 Å². The van der Waals surface area contributed by atoms with Crippen LogP contribution in [0.15, 0.2) is 0 Å². The zero-order valence-electron chi connectivity index (χ0n) is 11.9. The van der Waals surface area contributed by atoms with Crippen molar-refractivity contribution < 1.29 is 9.53 Å². The van der Waals surface area contributed by atoms with Crippen LogP contribution in [0.4, 0.5) is 0 Å². The summed E-state index contributed by atoms with van der Waals surface area (Å²) in [5.41, 5.74) is 5.53. The van der Waals surface area contributed by atoms with Crippen molar-refractivity contribution in [3.63, 3.8) is 0 Å². The van der Waals surface area contributed by atoms with Gasteiger partial charge < -0.3 is 20.3 Å². The molecule has 1 saturated heterocycles. The molecule has 0 aromatic carbocycles. The maximum Gasteiger partial charge on any atom is 0.224 e. The average Bonchev–Trinajstić information content (AvgIpc) is 2.38. The van der Waals surface area contributed by atoms with Crippen LogP contribution in [0.3, 0.4) is 0 Å². The standard InChI is InChI=1S/C13H27N3O2/c1-15-6-4-11(5-7-15)10-16(2)13(17)8-12(9-14)18-3/h11-12H,4-10,14H2,1-3H3. The fourth-order valence-electron chi connectivity index (χ4n) is 2.35. The van der Waals surface area contributed by atoms with Crippen molar-refractivity contribution in [2.75, 3.05) is 47.4 Å². The Labute approximate surface area is 110 Å². The number of methoxy groups -OCH3 is 1. The Hall–Kier alpha value is -0.650. The van der Waals surface area contributed by atoms with E-state index in [-0.39, 0.29) is 12.0 Å². The first-order valence-corrected chi connectivity index (χ1v) is 6.72. The van der Waals surface area contributed by atoms with Crippen LogP contribution in [0.5, 0.6) is 0 Å². The summed E-state index contributed by atoms with van der Waals surface area (Å²) in [5.74, 6) is 0.764. The van der Waals surface area contributed by atoms with E-state index in [4.69, 9.17) is 10.5 Å². The molecule has 0 bridgehead atoms. The number of carbonyl (C=O) groups excluding carboxylic acids is 1. The molecular weight excluding hydrogens is 230 g/mol. The van der Waals surface area contributed by atoms with Gasteiger partial charge in [-0.15, -0.1) is 0 Å². The summed E-state index contributed by atoms with van der Waals surface area (Å²) in [6.45, 7) is 3.52.